The van der Waals surface area contributed by atoms with E-state index in [1.165, 1.54) is 6.07 Å². The molecule has 0 aromatic heterocycles. The number of hydrogen-bond donors (Lipinski definition) is 2. The van der Waals surface area contributed by atoms with E-state index >= 15 is 0 Å². The van der Waals surface area contributed by atoms with Gasteiger partial charge in [0.1, 0.15) is 10.7 Å². The van der Waals surface area contributed by atoms with Crippen LogP contribution in [0.15, 0.2) is 45.8 Å². The van der Waals surface area contributed by atoms with Crippen LogP contribution in [0.1, 0.15) is 11.1 Å². The zero-order chi connectivity index (χ0) is 15.6. The second-order valence-electron chi connectivity index (χ2n) is 4.46. The monoisotopic (exact) mass is 373 g/mol. The van der Waals surface area contributed by atoms with E-state index in [0.717, 1.165) is 11.6 Å². The predicted octanol–water partition coefficient (Wildman–Crippen LogP) is 3.19. The van der Waals surface area contributed by atoms with Crippen molar-refractivity contribution < 1.29 is 17.9 Å². The third kappa shape index (κ3) is 3.42. The van der Waals surface area contributed by atoms with Gasteiger partial charge in [-0.25, -0.2) is 12.8 Å². The van der Waals surface area contributed by atoms with Crippen LogP contribution in [-0.2, 0) is 16.6 Å². The van der Waals surface area contributed by atoms with Crippen LogP contribution in [-0.4, -0.2) is 13.5 Å². The van der Waals surface area contributed by atoms with E-state index in [2.05, 4.69) is 20.7 Å². The summed E-state index contributed by atoms with van der Waals surface area (Å²) in [6, 6.07) is 9.29. The Labute approximate surface area is 130 Å². The number of nitrogens with one attached hydrogen (secondary N) is 1. The van der Waals surface area contributed by atoms with Crippen molar-refractivity contribution in [2.75, 3.05) is 4.72 Å². The highest BCUT2D eigenvalue weighted by Gasteiger charge is 2.22. The molecule has 112 valence electrons. The molecule has 21 heavy (non-hydrogen) atoms. The summed E-state index contributed by atoms with van der Waals surface area (Å²) in [7, 11) is -4.09. The molecule has 0 amide bonds. The number of para-hydroxylation sites is 1. The van der Waals surface area contributed by atoms with Crippen molar-refractivity contribution in [3.05, 3.63) is 57.8 Å². The molecule has 4 nitrogen and oxygen atoms in total. The number of rotatable bonds is 4. The number of aliphatic hydroxyl groups is 1. The van der Waals surface area contributed by atoms with Gasteiger partial charge in [0.15, 0.2) is 0 Å². The van der Waals surface area contributed by atoms with E-state index in [1.54, 1.807) is 31.2 Å². The Morgan fingerprint density at radius 2 is 1.95 bits per heavy atom. The summed E-state index contributed by atoms with van der Waals surface area (Å²) in [6.07, 6.45) is 0. The summed E-state index contributed by atoms with van der Waals surface area (Å²) in [5, 5.41) is 9.09. The molecule has 0 spiro atoms. The topological polar surface area (TPSA) is 66.4 Å². The average molecular weight is 374 g/mol. The highest BCUT2D eigenvalue weighted by atomic mass is 79.9. The Morgan fingerprint density at radius 3 is 2.57 bits per heavy atom. The molecule has 0 heterocycles. The molecular weight excluding hydrogens is 361 g/mol. The highest BCUT2D eigenvalue weighted by Crippen LogP contribution is 2.26. The van der Waals surface area contributed by atoms with Crippen LogP contribution in [0, 0.1) is 12.7 Å². The van der Waals surface area contributed by atoms with Gasteiger partial charge in [-0.15, -0.1) is 0 Å². The van der Waals surface area contributed by atoms with Crippen molar-refractivity contribution in [3.63, 3.8) is 0 Å². The molecule has 0 saturated heterocycles. The van der Waals surface area contributed by atoms with Gasteiger partial charge in [-0.3, -0.25) is 4.72 Å². The van der Waals surface area contributed by atoms with Gasteiger partial charge in [-0.05, 0) is 30.7 Å². The Morgan fingerprint density at radius 1 is 1.29 bits per heavy atom. The maximum atomic E-state index is 14.2. The van der Waals surface area contributed by atoms with Crippen molar-refractivity contribution in [2.45, 2.75) is 18.4 Å². The van der Waals surface area contributed by atoms with Crippen molar-refractivity contribution in [1.82, 2.24) is 0 Å². The van der Waals surface area contributed by atoms with E-state index in [9.17, 15) is 12.8 Å². The summed E-state index contributed by atoms with van der Waals surface area (Å²) in [6.45, 7) is 1.16. The number of aryl methyl sites for hydroxylation is 1. The maximum Gasteiger partial charge on any atom is 0.264 e. The number of hydrogen-bond acceptors (Lipinski definition) is 3. The maximum absolute atomic E-state index is 14.2. The van der Waals surface area contributed by atoms with Crippen LogP contribution in [0.4, 0.5) is 10.1 Å². The molecule has 2 N–H and O–H groups in total. The SMILES string of the molecule is Cc1ccccc1NS(=O)(=O)c1cc(Br)cc(CO)c1F. The largest absolute Gasteiger partial charge is 0.392 e. The van der Waals surface area contributed by atoms with Crippen molar-refractivity contribution in [3.8, 4) is 0 Å². The molecule has 0 atom stereocenters. The number of halogens is 2. The van der Waals surface area contributed by atoms with E-state index in [4.69, 9.17) is 5.11 Å². The quantitative estimate of drug-likeness (QED) is 0.864. The minimum atomic E-state index is -4.09. The first kappa shape index (κ1) is 15.9. The fourth-order valence-corrected chi connectivity index (χ4v) is 3.75. The molecule has 0 bridgehead atoms. The molecule has 0 radical (unpaired) electrons. The molecule has 7 heteroatoms. The van der Waals surface area contributed by atoms with Crippen molar-refractivity contribution in [1.29, 1.82) is 0 Å². The Kier molecular flexibility index (Phi) is 4.65. The van der Waals surface area contributed by atoms with Crippen LogP contribution >= 0.6 is 15.9 Å². The van der Waals surface area contributed by atoms with Crippen LogP contribution in [0.25, 0.3) is 0 Å². The summed E-state index contributed by atoms with van der Waals surface area (Å²) < 4.78 is 41.6. The van der Waals surface area contributed by atoms with Gasteiger partial charge < -0.3 is 5.11 Å². The number of sulfonamides is 1. The third-order valence-corrected chi connectivity index (χ3v) is 4.75. The van der Waals surface area contributed by atoms with Gasteiger partial charge in [0, 0.05) is 10.0 Å². The Hall–Kier alpha value is -1.44. The lowest BCUT2D eigenvalue weighted by Gasteiger charge is -2.12. The summed E-state index contributed by atoms with van der Waals surface area (Å²) in [4.78, 5) is -0.510. The Balaban J connectivity index is 2.50. The minimum Gasteiger partial charge on any atom is -0.392 e. The smallest absolute Gasteiger partial charge is 0.264 e. The van der Waals surface area contributed by atoms with Gasteiger partial charge in [0.25, 0.3) is 10.0 Å². The minimum absolute atomic E-state index is 0.0884. The molecule has 0 aliphatic rings. The van der Waals surface area contributed by atoms with Crippen molar-refractivity contribution >= 4 is 31.6 Å². The third-order valence-electron chi connectivity index (χ3n) is 2.93. The van der Waals surface area contributed by atoms with Crippen molar-refractivity contribution in [2.24, 2.45) is 0 Å². The fourth-order valence-electron chi connectivity index (χ4n) is 1.82. The number of benzene rings is 2. The van der Waals surface area contributed by atoms with Gasteiger partial charge in [-0.2, -0.15) is 0 Å². The first-order chi connectivity index (χ1) is 9.85. The van der Waals surface area contributed by atoms with Crippen LogP contribution in [0.2, 0.25) is 0 Å². The molecule has 2 aromatic carbocycles. The number of aliphatic hydroxyl groups excluding tert-OH is 1. The van der Waals surface area contributed by atoms with Crippen LogP contribution in [0.5, 0.6) is 0 Å². The van der Waals surface area contributed by atoms with Gasteiger partial charge >= 0.3 is 0 Å². The molecule has 2 rings (SSSR count). The molecule has 0 fully saturated rings. The number of anilines is 1. The zero-order valence-corrected chi connectivity index (χ0v) is 13.5. The highest BCUT2D eigenvalue weighted by molar-refractivity contribution is 9.10. The normalized spacial score (nSPS) is 11.4. The zero-order valence-electron chi connectivity index (χ0n) is 11.1. The van der Waals surface area contributed by atoms with Crippen LogP contribution in [0.3, 0.4) is 0 Å². The molecule has 0 aliphatic carbocycles. The fraction of sp³-hybridized carbons (Fsp3) is 0.143. The van der Waals surface area contributed by atoms with E-state index in [1.807, 2.05) is 0 Å². The summed E-state index contributed by atoms with van der Waals surface area (Å²) >= 11 is 3.11. The standard InChI is InChI=1S/C14H13BrFNO3S/c1-9-4-2-3-5-12(9)17-21(19,20)13-7-11(15)6-10(8-18)14(13)16/h2-7,17-18H,8H2,1H3. The first-order valence-corrected chi connectivity index (χ1v) is 8.30. The van der Waals surface area contributed by atoms with E-state index in [0.29, 0.717) is 10.2 Å². The summed E-state index contributed by atoms with van der Waals surface area (Å²) in [5.41, 5.74) is 1.01. The second kappa shape index (κ2) is 6.13. The lowest BCUT2D eigenvalue weighted by Crippen LogP contribution is -2.16. The van der Waals surface area contributed by atoms with Gasteiger partial charge in [0.05, 0.1) is 12.3 Å². The molecule has 2 aromatic rings. The molecule has 0 unspecified atom stereocenters. The lowest BCUT2D eigenvalue weighted by molar-refractivity contribution is 0.274. The summed E-state index contributed by atoms with van der Waals surface area (Å²) in [5.74, 6) is -0.957. The van der Waals surface area contributed by atoms with Crippen LogP contribution < -0.4 is 4.72 Å². The first-order valence-electron chi connectivity index (χ1n) is 6.02. The lowest BCUT2D eigenvalue weighted by atomic mass is 10.2. The van der Waals surface area contributed by atoms with E-state index in [-0.39, 0.29) is 5.56 Å². The predicted molar refractivity (Wildman–Crippen MR) is 82.0 cm³/mol. The van der Waals surface area contributed by atoms with Gasteiger partial charge in [0.2, 0.25) is 0 Å². The molecule has 0 saturated carbocycles. The Bertz CT molecular complexity index is 778. The average Bonchev–Trinajstić information content (AvgIpc) is 2.43. The molecular formula is C14H13BrFNO3S. The second-order valence-corrected chi connectivity index (χ2v) is 7.02. The van der Waals surface area contributed by atoms with E-state index < -0.39 is 27.3 Å². The van der Waals surface area contributed by atoms with Gasteiger partial charge in [-0.1, -0.05) is 34.1 Å². The molecule has 0 aliphatic heterocycles.